The van der Waals surface area contributed by atoms with Crippen LogP contribution in [0.4, 0.5) is 0 Å². The van der Waals surface area contributed by atoms with Gasteiger partial charge in [-0.2, -0.15) is 0 Å². The fourth-order valence-corrected chi connectivity index (χ4v) is 6.64. The van der Waals surface area contributed by atoms with E-state index in [0.717, 1.165) is 37.8 Å². The average molecular weight is 631 g/mol. The van der Waals surface area contributed by atoms with Gasteiger partial charge in [-0.25, -0.2) is 0 Å². The summed E-state index contributed by atoms with van der Waals surface area (Å²) >= 11 is 0. The third kappa shape index (κ3) is 16.0. The van der Waals surface area contributed by atoms with Crippen LogP contribution in [0.1, 0.15) is 129 Å². The minimum atomic E-state index is -1.54. The summed E-state index contributed by atoms with van der Waals surface area (Å²) in [5.41, 5.74) is 5.45. The molecule has 2 aliphatic heterocycles. The number of aliphatic hydroxyl groups excluding tert-OH is 2. The number of hydrogen-bond acceptors (Lipinski definition) is 8. The lowest BCUT2D eigenvalue weighted by atomic mass is 9.85. The lowest BCUT2D eigenvalue weighted by Crippen LogP contribution is -2.60. The van der Waals surface area contributed by atoms with Gasteiger partial charge < -0.3 is 30.5 Å². The third-order valence-electron chi connectivity index (χ3n) is 8.83. The van der Waals surface area contributed by atoms with Crippen molar-refractivity contribution in [3.63, 3.8) is 0 Å². The Morgan fingerprint density at radius 3 is 1.95 bits per heavy atom. The van der Waals surface area contributed by atoms with Gasteiger partial charge in [0.1, 0.15) is 17.8 Å². The summed E-state index contributed by atoms with van der Waals surface area (Å²) in [4.78, 5) is 14.9. The standard InChI is InChI=1S/C23H46N2O4.C9H16O2.2C2H6/c1-8-20-23(7,28)21(26)19(6)25(10-9-24)14-17(4)12-15(2)11-16(3)13-18(5)22(27)29-20;1-6(2)8-4-7(3)11-9(10)5-8;2*1-2/h15-21,26,28H,8-14,24H2,1-7H3;7-10H,1,4-5H2,2-3H3;2*1-2H3/t15-,16-,17-,18?,19?,20-,21?,23-;;;/m1.../s1. The number of aliphatic hydroxyl groups is 3. The Labute approximate surface area is 272 Å². The molecule has 0 bridgehead atoms. The summed E-state index contributed by atoms with van der Waals surface area (Å²) in [6.45, 7) is 31.8. The van der Waals surface area contributed by atoms with Gasteiger partial charge in [0.2, 0.25) is 0 Å². The van der Waals surface area contributed by atoms with Crippen LogP contribution in [0.3, 0.4) is 0 Å². The molecular formula is C36H74N2O6. The molecular weight excluding hydrogens is 556 g/mol. The van der Waals surface area contributed by atoms with E-state index < -0.39 is 24.1 Å². The van der Waals surface area contributed by atoms with Crippen LogP contribution in [0.25, 0.3) is 0 Å². The van der Waals surface area contributed by atoms with Gasteiger partial charge in [0.15, 0.2) is 6.29 Å². The van der Waals surface area contributed by atoms with Gasteiger partial charge in [-0.15, -0.1) is 0 Å². The first kappa shape index (κ1) is 45.1. The lowest BCUT2D eigenvalue weighted by Gasteiger charge is -2.42. The van der Waals surface area contributed by atoms with Crippen LogP contribution < -0.4 is 5.73 Å². The molecule has 0 spiro atoms. The molecule has 11 atom stereocenters. The minimum absolute atomic E-state index is 0.167. The summed E-state index contributed by atoms with van der Waals surface area (Å²) in [6, 6.07) is -0.305. The zero-order valence-electron chi connectivity index (χ0n) is 30.9. The SMILES string of the molecule is C=C(C)C1CC(C)OC(O)C1.CC.CC.CC[C@H]1OC(=O)C(C)C[C@H](C)C[C@@H](C)C[C@@H](C)CN(CCN)C(C)C(O)[C@]1(C)O. The summed E-state index contributed by atoms with van der Waals surface area (Å²) in [5.74, 6) is 1.35. The van der Waals surface area contributed by atoms with Gasteiger partial charge in [-0.05, 0) is 83.5 Å². The molecule has 0 amide bonds. The molecule has 6 unspecified atom stereocenters. The van der Waals surface area contributed by atoms with Crippen molar-refractivity contribution in [3.8, 4) is 0 Å². The second kappa shape index (κ2) is 23.3. The summed E-state index contributed by atoms with van der Waals surface area (Å²) in [6.07, 6.45) is 2.84. The second-order valence-corrected chi connectivity index (χ2v) is 13.4. The van der Waals surface area contributed by atoms with Crippen molar-refractivity contribution < 1.29 is 29.6 Å². The molecule has 2 saturated heterocycles. The predicted molar refractivity (Wildman–Crippen MR) is 184 cm³/mol. The van der Waals surface area contributed by atoms with Crippen molar-refractivity contribution in [3.05, 3.63) is 12.2 Å². The van der Waals surface area contributed by atoms with E-state index in [1.54, 1.807) is 6.92 Å². The fraction of sp³-hybridized carbons (Fsp3) is 0.917. The Hall–Kier alpha value is -1.03. The number of carbonyl (C=O) groups excluding carboxylic acids is 1. The molecule has 0 radical (unpaired) electrons. The van der Waals surface area contributed by atoms with E-state index in [1.165, 1.54) is 0 Å². The molecule has 44 heavy (non-hydrogen) atoms. The number of allylic oxidation sites excluding steroid dienone is 1. The molecule has 264 valence electrons. The number of nitrogens with two attached hydrogens (primary N) is 1. The van der Waals surface area contributed by atoms with E-state index in [4.69, 9.17) is 15.2 Å². The topological polar surface area (TPSA) is 125 Å². The highest BCUT2D eigenvalue weighted by atomic mass is 16.6. The van der Waals surface area contributed by atoms with Crippen molar-refractivity contribution >= 4 is 5.97 Å². The van der Waals surface area contributed by atoms with Gasteiger partial charge in [-0.1, -0.05) is 74.5 Å². The van der Waals surface area contributed by atoms with E-state index in [-0.39, 0.29) is 24.0 Å². The Morgan fingerprint density at radius 1 is 0.955 bits per heavy atom. The fourth-order valence-electron chi connectivity index (χ4n) is 6.64. The quantitative estimate of drug-likeness (QED) is 0.204. The molecule has 2 rings (SSSR count). The Morgan fingerprint density at radius 2 is 1.48 bits per heavy atom. The van der Waals surface area contributed by atoms with Crippen LogP contribution >= 0.6 is 0 Å². The van der Waals surface area contributed by atoms with Crippen molar-refractivity contribution in [1.82, 2.24) is 4.90 Å². The van der Waals surface area contributed by atoms with E-state index >= 15 is 0 Å². The molecule has 5 N–H and O–H groups in total. The number of carbonyl (C=O) groups is 1. The normalized spacial score (nSPS) is 37.6. The molecule has 0 aromatic rings. The van der Waals surface area contributed by atoms with E-state index in [2.05, 4.69) is 32.3 Å². The highest BCUT2D eigenvalue weighted by molar-refractivity contribution is 5.72. The molecule has 2 heterocycles. The maximum absolute atomic E-state index is 12.7. The average Bonchev–Trinajstić information content (AvgIpc) is 2.95. The Kier molecular flexibility index (Phi) is 23.9. The van der Waals surface area contributed by atoms with Crippen LogP contribution in [0.15, 0.2) is 12.2 Å². The number of cyclic esters (lactones) is 1. The monoisotopic (exact) mass is 631 g/mol. The zero-order valence-corrected chi connectivity index (χ0v) is 30.9. The molecule has 8 heteroatoms. The second-order valence-electron chi connectivity index (χ2n) is 13.4. The molecule has 2 fully saturated rings. The largest absolute Gasteiger partial charge is 0.459 e. The maximum Gasteiger partial charge on any atom is 0.309 e. The van der Waals surface area contributed by atoms with E-state index in [1.807, 2.05) is 62.3 Å². The molecule has 0 aliphatic carbocycles. The molecule has 0 saturated carbocycles. The minimum Gasteiger partial charge on any atom is -0.459 e. The first-order valence-corrected chi connectivity index (χ1v) is 17.6. The molecule has 8 nitrogen and oxygen atoms in total. The molecule has 2 aliphatic rings. The van der Waals surface area contributed by atoms with Crippen LogP contribution in [0.2, 0.25) is 0 Å². The Bertz CT molecular complexity index is 753. The first-order valence-electron chi connectivity index (χ1n) is 17.6. The van der Waals surface area contributed by atoms with Gasteiger partial charge in [0.05, 0.1) is 12.0 Å². The van der Waals surface area contributed by atoms with Crippen LogP contribution in [0, 0.1) is 29.6 Å². The number of nitrogens with zero attached hydrogens (tertiary/aromatic N) is 1. The van der Waals surface area contributed by atoms with Crippen molar-refractivity contribution in [2.24, 2.45) is 35.3 Å². The highest BCUT2D eigenvalue weighted by Crippen LogP contribution is 2.31. The van der Waals surface area contributed by atoms with Crippen LogP contribution in [-0.2, 0) is 14.3 Å². The third-order valence-corrected chi connectivity index (χ3v) is 8.83. The summed E-state index contributed by atoms with van der Waals surface area (Å²) in [5, 5.41) is 31.5. The summed E-state index contributed by atoms with van der Waals surface area (Å²) in [7, 11) is 0. The van der Waals surface area contributed by atoms with Gasteiger partial charge in [-0.3, -0.25) is 9.69 Å². The number of hydrogen-bond donors (Lipinski definition) is 4. The number of ether oxygens (including phenoxy) is 2. The first-order chi connectivity index (χ1) is 20.5. The van der Waals surface area contributed by atoms with Gasteiger partial charge in [0, 0.05) is 32.1 Å². The Balaban J connectivity index is 0. The number of rotatable bonds is 4. The zero-order chi connectivity index (χ0) is 34.8. The molecule has 0 aromatic carbocycles. The predicted octanol–water partition coefficient (Wildman–Crippen LogP) is 6.55. The maximum atomic E-state index is 12.7. The summed E-state index contributed by atoms with van der Waals surface area (Å²) < 4.78 is 10.9. The van der Waals surface area contributed by atoms with E-state index in [9.17, 15) is 20.1 Å². The van der Waals surface area contributed by atoms with Gasteiger partial charge in [0.25, 0.3) is 0 Å². The smallest absolute Gasteiger partial charge is 0.309 e. The van der Waals surface area contributed by atoms with Gasteiger partial charge >= 0.3 is 5.97 Å². The van der Waals surface area contributed by atoms with Crippen molar-refractivity contribution in [2.45, 2.75) is 165 Å². The van der Waals surface area contributed by atoms with Crippen molar-refractivity contribution in [1.29, 1.82) is 0 Å². The van der Waals surface area contributed by atoms with E-state index in [0.29, 0.717) is 49.6 Å². The van der Waals surface area contributed by atoms with Crippen LogP contribution in [-0.4, -0.2) is 82.1 Å². The number of esters is 1. The van der Waals surface area contributed by atoms with Crippen LogP contribution in [0.5, 0.6) is 0 Å². The van der Waals surface area contributed by atoms with Crippen molar-refractivity contribution in [2.75, 3.05) is 19.6 Å². The lowest BCUT2D eigenvalue weighted by molar-refractivity contribution is -0.190. The molecule has 0 aromatic heterocycles. The highest BCUT2D eigenvalue weighted by Gasteiger charge is 2.45.